The highest BCUT2D eigenvalue weighted by Crippen LogP contribution is 2.28. The van der Waals surface area contributed by atoms with E-state index in [0.717, 1.165) is 29.8 Å². The minimum absolute atomic E-state index is 0.511. The molecule has 152 valence electrons. The summed E-state index contributed by atoms with van der Waals surface area (Å²) >= 11 is 1.49. The molecule has 1 aromatic heterocycles. The Morgan fingerprint density at radius 2 is 1.86 bits per heavy atom. The lowest BCUT2D eigenvalue weighted by molar-refractivity contribution is 0.112. The SMILES string of the molecule is COc1ccc(Cc2nnc(SCCCOc3ccc(C=O)cc3OC)o2)cc1. The predicted molar refractivity (Wildman–Crippen MR) is 109 cm³/mol. The molecule has 0 unspecified atom stereocenters. The molecule has 0 atom stereocenters. The molecule has 1 heterocycles. The number of benzene rings is 2. The summed E-state index contributed by atoms with van der Waals surface area (Å²) in [5.41, 5.74) is 1.63. The predicted octanol–water partition coefficient (Wildman–Crippen LogP) is 4.05. The van der Waals surface area contributed by atoms with Crippen LogP contribution in [0.3, 0.4) is 0 Å². The maximum Gasteiger partial charge on any atom is 0.276 e. The molecular formula is C21H22N2O5S. The van der Waals surface area contributed by atoms with Gasteiger partial charge in [-0.25, -0.2) is 0 Å². The first-order chi connectivity index (χ1) is 14.2. The molecule has 0 spiro atoms. The van der Waals surface area contributed by atoms with E-state index in [9.17, 15) is 4.79 Å². The van der Waals surface area contributed by atoms with E-state index in [4.69, 9.17) is 18.6 Å². The molecule has 0 fully saturated rings. The topological polar surface area (TPSA) is 83.7 Å². The summed E-state index contributed by atoms with van der Waals surface area (Å²) in [6, 6.07) is 12.8. The van der Waals surface area contributed by atoms with E-state index in [1.807, 2.05) is 24.3 Å². The minimum Gasteiger partial charge on any atom is -0.497 e. The van der Waals surface area contributed by atoms with E-state index in [1.54, 1.807) is 32.4 Å². The Labute approximate surface area is 173 Å². The lowest BCUT2D eigenvalue weighted by Gasteiger charge is -2.10. The maximum atomic E-state index is 10.8. The first-order valence-corrected chi connectivity index (χ1v) is 10.0. The van der Waals surface area contributed by atoms with Gasteiger partial charge < -0.3 is 18.6 Å². The summed E-state index contributed by atoms with van der Waals surface area (Å²) in [6.45, 7) is 0.511. The van der Waals surface area contributed by atoms with Gasteiger partial charge in [0.15, 0.2) is 11.5 Å². The van der Waals surface area contributed by atoms with Crippen molar-refractivity contribution in [1.82, 2.24) is 10.2 Å². The van der Waals surface area contributed by atoms with E-state index >= 15 is 0 Å². The van der Waals surface area contributed by atoms with Gasteiger partial charge in [0.05, 0.1) is 27.2 Å². The number of methoxy groups -OCH3 is 2. The molecule has 0 bridgehead atoms. The van der Waals surface area contributed by atoms with Gasteiger partial charge in [-0.1, -0.05) is 23.9 Å². The first-order valence-electron chi connectivity index (χ1n) is 9.06. The van der Waals surface area contributed by atoms with E-state index in [1.165, 1.54) is 11.8 Å². The number of aldehydes is 1. The number of thioether (sulfide) groups is 1. The van der Waals surface area contributed by atoms with Crippen LogP contribution in [0.4, 0.5) is 0 Å². The number of carbonyl (C=O) groups is 1. The summed E-state index contributed by atoms with van der Waals surface area (Å²) < 4.78 is 21.8. The number of hydrogen-bond donors (Lipinski definition) is 0. The summed E-state index contributed by atoms with van der Waals surface area (Å²) in [5.74, 6) is 3.33. The zero-order valence-electron chi connectivity index (χ0n) is 16.3. The van der Waals surface area contributed by atoms with Crippen LogP contribution >= 0.6 is 11.8 Å². The Balaban J connectivity index is 1.41. The van der Waals surface area contributed by atoms with Crippen LogP contribution in [0.15, 0.2) is 52.1 Å². The molecule has 0 N–H and O–H groups in total. The number of hydrogen-bond acceptors (Lipinski definition) is 8. The van der Waals surface area contributed by atoms with E-state index in [2.05, 4.69) is 10.2 Å². The van der Waals surface area contributed by atoms with Gasteiger partial charge in [-0.15, -0.1) is 10.2 Å². The highest BCUT2D eigenvalue weighted by molar-refractivity contribution is 7.99. The fourth-order valence-electron chi connectivity index (χ4n) is 2.56. The molecule has 0 saturated carbocycles. The second-order valence-electron chi connectivity index (χ2n) is 6.07. The quantitative estimate of drug-likeness (QED) is 0.264. The lowest BCUT2D eigenvalue weighted by Crippen LogP contribution is -2.01. The summed E-state index contributed by atoms with van der Waals surface area (Å²) in [6.07, 6.45) is 2.15. The molecule has 0 saturated heterocycles. The lowest BCUT2D eigenvalue weighted by atomic mass is 10.1. The first kappa shape index (κ1) is 20.7. The van der Waals surface area contributed by atoms with E-state index in [-0.39, 0.29) is 0 Å². The van der Waals surface area contributed by atoms with Gasteiger partial charge in [0.2, 0.25) is 5.89 Å². The molecule has 0 aliphatic rings. The average Bonchev–Trinajstić information content (AvgIpc) is 3.21. The van der Waals surface area contributed by atoms with Crippen molar-refractivity contribution in [1.29, 1.82) is 0 Å². The zero-order valence-corrected chi connectivity index (χ0v) is 17.1. The Kier molecular flexibility index (Phi) is 7.52. The van der Waals surface area contributed by atoms with Crippen LogP contribution in [0.2, 0.25) is 0 Å². The Hall–Kier alpha value is -3.00. The molecule has 0 amide bonds. The van der Waals surface area contributed by atoms with E-state index < -0.39 is 0 Å². The molecule has 3 rings (SSSR count). The Morgan fingerprint density at radius 3 is 2.59 bits per heavy atom. The van der Waals surface area contributed by atoms with Crippen molar-refractivity contribution in [2.45, 2.75) is 18.1 Å². The third-order valence-corrected chi connectivity index (χ3v) is 4.96. The number of nitrogens with zero attached hydrogens (tertiary/aromatic N) is 2. The van der Waals surface area contributed by atoms with Crippen LogP contribution in [0.25, 0.3) is 0 Å². The van der Waals surface area contributed by atoms with Crippen LogP contribution in [0, 0.1) is 0 Å². The summed E-state index contributed by atoms with van der Waals surface area (Å²) in [5, 5.41) is 8.71. The second-order valence-corrected chi connectivity index (χ2v) is 7.11. The second kappa shape index (κ2) is 10.5. The molecule has 3 aromatic rings. The van der Waals surface area contributed by atoms with Gasteiger partial charge in [-0.05, 0) is 42.3 Å². The highest BCUT2D eigenvalue weighted by atomic mass is 32.2. The van der Waals surface area contributed by atoms with Gasteiger partial charge in [0.25, 0.3) is 5.22 Å². The van der Waals surface area contributed by atoms with Crippen LogP contribution in [-0.2, 0) is 6.42 Å². The minimum atomic E-state index is 0.511. The standard InChI is InChI=1S/C21H22N2O5S/c1-25-17-7-4-15(5-8-17)13-20-22-23-21(28-20)29-11-3-10-27-18-9-6-16(14-24)12-19(18)26-2/h4-9,12,14H,3,10-11,13H2,1-2H3. The molecule has 0 aliphatic carbocycles. The fraction of sp³-hybridized carbons (Fsp3) is 0.286. The Bertz CT molecular complexity index is 927. The highest BCUT2D eigenvalue weighted by Gasteiger charge is 2.09. The fourth-order valence-corrected chi connectivity index (χ4v) is 3.25. The number of aromatic nitrogens is 2. The number of carbonyl (C=O) groups excluding carboxylic acids is 1. The van der Waals surface area contributed by atoms with Gasteiger partial charge in [-0.3, -0.25) is 4.79 Å². The van der Waals surface area contributed by atoms with Crippen molar-refractivity contribution in [2.75, 3.05) is 26.6 Å². The third kappa shape index (κ3) is 5.99. The van der Waals surface area contributed by atoms with Crippen molar-refractivity contribution < 1.29 is 23.4 Å². The van der Waals surface area contributed by atoms with Crippen molar-refractivity contribution in [3.05, 3.63) is 59.5 Å². The van der Waals surface area contributed by atoms with Crippen LogP contribution in [0.1, 0.15) is 28.2 Å². The monoisotopic (exact) mass is 414 g/mol. The number of rotatable bonds is 11. The van der Waals surface area contributed by atoms with Crippen molar-refractivity contribution in [2.24, 2.45) is 0 Å². The maximum absolute atomic E-state index is 10.8. The molecule has 0 aliphatic heterocycles. The normalized spacial score (nSPS) is 10.6. The molecule has 0 radical (unpaired) electrons. The van der Waals surface area contributed by atoms with Gasteiger partial charge >= 0.3 is 0 Å². The molecule has 2 aromatic carbocycles. The molecule has 8 heteroatoms. The van der Waals surface area contributed by atoms with Crippen molar-refractivity contribution in [3.63, 3.8) is 0 Å². The van der Waals surface area contributed by atoms with Crippen LogP contribution in [0.5, 0.6) is 17.2 Å². The zero-order chi connectivity index (χ0) is 20.5. The van der Waals surface area contributed by atoms with Gasteiger partial charge in [-0.2, -0.15) is 0 Å². The molecule has 29 heavy (non-hydrogen) atoms. The largest absolute Gasteiger partial charge is 0.497 e. The van der Waals surface area contributed by atoms with Gasteiger partial charge in [0, 0.05) is 11.3 Å². The van der Waals surface area contributed by atoms with Crippen LogP contribution < -0.4 is 14.2 Å². The Morgan fingerprint density at radius 1 is 1.03 bits per heavy atom. The van der Waals surface area contributed by atoms with Crippen molar-refractivity contribution >= 4 is 18.0 Å². The van der Waals surface area contributed by atoms with Gasteiger partial charge in [0.1, 0.15) is 12.0 Å². The van der Waals surface area contributed by atoms with E-state index in [0.29, 0.717) is 41.2 Å². The smallest absolute Gasteiger partial charge is 0.276 e. The number of ether oxygens (including phenoxy) is 3. The third-order valence-electron chi connectivity index (χ3n) is 4.06. The van der Waals surface area contributed by atoms with Crippen molar-refractivity contribution in [3.8, 4) is 17.2 Å². The molecular weight excluding hydrogens is 392 g/mol. The average molecular weight is 414 g/mol. The summed E-state index contributed by atoms with van der Waals surface area (Å²) in [4.78, 5) is 10.8. The van der Waals surface area contributed by atoms with Crippen LogP contribution in [-0.4, -0.2) is 43.1 Å². The summed E-state index contributed by atoms with van der Waals surface area (Å²) in [7, 11) is 3.19. The molecule has 7 nitrogen and oxygen atoms in total.